The van der Waals surface area contributed by atoms with Gasteiger partial charge in [0.15, 0.2) is 12.0 Å². The van der Waals surface area contributed by atoms with E-state index in [9.17, 15) is 4.79 Å². The van der Waals surface area contributed by atoms with Gasteiger partial charge < -0.3 is 10.2 Å². The van der Waals surface area contributed by atoms with Crippen LogP contribution in [-0.4, -0.2) is 10.9 Å². The topological polar surface area (TPSA) is 69.1 Å². The van der Waals surface area contributed by atoms with Crippen molar-refractivity contribution in [3.05, 3.63) is 30.2 Å². The van der Waals surface area contributed by atoms with Crippen molar-refractivity contribution in [1.29, 1.82) is 0 Å². The maximum absolute atomic E-state index is 10.9. The number of carbonyl (C=O) groups is 1. The molecule has 1 aromatic heterocycles. The molecule has 4 nitrogen and oxygen atoms in total. The smallest absolute Gasteiger partial charge is 0.251 e. The van der Waals surface area contributed by atoms with E-state index >= 15 is 0 Å². The Kier molecular flexibility index (Phi) is 4.40. The minimum Gasteiger partial charge on any atom is -0.443 e. The molecule has 2 rings (SSSR count). The summed E-state index contributed by atoms with van der Waals surface area (Å²) in [6, 6.07) is 5.05. The van der Waals surface area contributed by atoms with E-state index in [1.165, 1.54) is 6.39 Å². The Morgan fingerprint density at radius 3 is 2.71 bits per heavy atom. The van der Waals surface area contributed by atoms with Crippen LogP contribution in [0.2, 0.25) is 0 Å². The lowest BCUT2D eigenvalue weighted by molar-refractivity contribution is 0.100. The zero-order valence-electron chi connectivity index (χ0n) is 6.97. The number of benzene rings is 1. The third kappa shape index (κ3) is 1.97. The molecular formula is C8H8Cl2N2O2. The van der Waals surface area contributed by atoms with Crippen molar-refractivity contribution >= 4 is 41.8 Å². The quantitative estimate of drug-likeness (QED) is 0.818. The van der Waals surface area contributed by atoms with E-state index in [4.69, 9.17) is 10.2 Å². The predicted molar refractivity (Wildman–Crippen MR) is 57.0 cm³/mol. The van der Waals surface area contributed by atoms with Gasteiger partial charge in [-0.3, -0.25) is 4.79 Å². The summed E-state index contributed by atoms with van der Waals surface area (Å²) in [6.07, 6.45) is 1.29. The van der Waals surface area contributed by atoms with E-state index in [2.05, 4.69) is 4.98 Å². The highest BCUT2D eigenvalue weighted by Gasteiger charge is 2.08. The highest BCUT2D eigenvalue weighted by Crippen LogP contribution is 2.15. The summed E-state index contributed by atoms with van der Waals surface area (Å²) in [5.41, 5.74) is 6.60. The SMILES string of the molecule is Cl.Cl.NC(=O)c1cccc2ocnc12. The largest absolute Gasteiger partial charge is 0.443 e. The molecule has 2 N–H and O–H groups in total. The fourth-order valence-electron chi connectivity index (χ4n) is 1.09. The van der Waals surface area contributed by atoms with Crippen LogP contribution in [0.3, 0.4) is 0 Å². The first kappa shape index (κ1) is 12.7. The zero-order valence-corrected chi connectivity index (χ0v) is 8.60. The Labute approximate surface area is 92.3 Å². The van der Waals surface area contributed by atoms with Crippen LogP contribution < -0.4 is 5.73 Å². The lowest BCUT2D eigenvalue weighted by atomic mass is 10.2. The normalized spacial score (nSPS) is 8.86. The first-order valence-electron chi connectivity index (χ1n) is 3.41. The van der Waals surface area contributed by atoms with Crippen LogP contribution in [-0.2, 0) is 0 Å². The molecule has 6 heteroatoms. The van der Waals surface area contributed by atoms with E-state index in [-0.39, 0.29) is 24.8 Å². The molecule has 76 valence electrons. The molecule has 1 heterocycles. The van der Waals surface area contributed by atoms with E-state index in [0.717, 1.165) is 0 Å². The molecule has 0 fully saturated rings. The van der Waals surface area contributed by atoms with Crippen LogP contribution in [0.25, 0.3) is 11.1 Å². The van der Waals surface area contributed by atoms with Gasteiger partial charge in [-0.1, -0.05) is 6.07 Å². The molecule has 0 aliphatic rings. The number of amides is 1. The van der Waals surface area contributed by atoms with Crippen molar-refractivity contribution in [2.45, 2.75) is 0 Å². The van der Waals surface area contributed by atoms with Crippen molar-refractivity contribution in [2.24, 2.45) is 5.73 Å². The van der Waals surface area contributed by atoms with E-state index in [0.29, 0.717) is 16.7 Å². The highest BCUT2D eigenvalue weighted by molar-refractivity contribution is 6.03. The van der Waals surface area contributed by atoms with Crippen LogP contribution in [0, 0.1) is 0 Å². The van der Waals surface area contributed by atoms with E-state index < -0.39 is 5.91 Å². The second-order valence-corrected chi connectivity index (χ2v) is 2.37. The molecule has 0 radical (unpaired) electrons. The van der Waals surface area contributed by atoms with Gasteiger partial charge in [0.05, 0.1) is 5.56 Å². The zero-order chi connectivity index (χ0) is 8.55. The number of aromatic nitrogens is 1. The number of nitrogens with two attached hydrogens (primary N) is 1. The summed E-state index contributed by atoms with van der Waals surface area (Å²) in [5, 5.41) is 0. The van der Waals surface area contributed by atoms with Crippen LogP contribution in [0.5, 0.6) is 0 Å². The average Bonchev–Trinajstić information content (AvgIpc) is 2.49. The second kappa shape index (κ2) is 4.83. The number of carbonyl (C=O) groups excluding carboxylic acids is 1. The fourth-order valence-corrected chi connectivity index (χ4v) is 1.09. The molecule has 0 saturated carbocycles. The molecule has 1 aromatic carbocycles. The highest BCUT2D eigenvalue weighted by atomic mass is 35.5. The van der Waals surface area contributed by atoms with Gasteiger partial charge in [0.2, 0.25) is 0 Å². The van der Waals surface area contributed by atoms with Gasteiger partial charge in [-0.05, 0) is 12.1 Å². The number of fused-ring (bicyclic) bond motifs is 1. The third-order valence-electron chi connectivity index (χ3n) is 1.63. The number of rotatable bonds is 1. The monoisotopic (exact) mass is 234 g/mol. The van der Waals surface area contributed by atoms with E-state index in [1.807, 2.05) is 0 Å². The molecular weight excluding hydrogens is 227 g/mol. The summed E-state index contributed by atoms with van der Waals surface area (Å²) in [7, 11) is 0. The Bertz CT molecular complexity index is 442. The van der Waals surface area contributed by atoms with Gasteiger partial charge in [-0.2, -0.15) is 0 Å². The van der Waals surface area contributed by atoms with E-state index in [1.54, 1.807) is 18.2 Å². The Balaban J connectivity index is 0.000000845. The molecule has 0 atom stereocenters. The Morgan fingerprint density at radius 1 is 1.36 bits per heavy atom. The van der Waals surface area contributed by atoms with Gasteiger partial charge in [0, 0.05) is 0 Å². The molecule has 0 bridgehead atoms. The molecule has 14 heavy (non-hydrogen) atoms. The summed E-state index contributed by atoms with van der Waals surface area (Å²) < 4.78 is 4.99. The van der Waals surface area contributed by atoms with Crippen LogP contribution in [0.1, 0.15) is 10.4 Å². The molecule has 0 aliphatic heterocycles. The summed E-state index contributed by atoms with van der Waals surface area (Å²) >= 11 is 0. The maximum Gasteiger partial charge on any atom is 0.251 e. The fraction of sp³-hybridized carbons (Fsp3) is 0. The maximum atomic E-state index is 10.9. The Hall–Kier alpha value is -1.26. The van der Waals surface area contributed by atoms with Crippen molar-refractivity contribution in [1.82, 2.24) is 4.98 Å². The van der Waals surface area contributed by atoms with Gasteiger partial charge >= 0.3 is 0 Å². The van der Waals surface area contributed by atoms with Gasteiger partial charge in [-0.25, -0.2) is 4.98 Å². The average molecular weight is 235 g/mol. The number of hydrogen-bond donors (Lipinski definition) is 1. The van der Waals surface area contributed by atoms with Gasteiger partial charge in [0.1, 0.15) is 5.52 Å². The molecule has 0 spiro atoms. The number of nitrogens with zero attached hydrogens (tertiary/aromatic N) is 1. The molecule has 2 aromatic rings. The predicted octanol–water partition coefficient (Wildman–Crippen LogP) is 1.77. The van der Waals surface area contributed by atoms with Crippen LogP contribution in [0.4, 0.5) is 0 Å². The van der Waals surface area contributed by atoms with Gasteiger partial charge in [-0.15, -0.1) is 24.8 Å². The number of hydrogen-bond acceptors (Lipinski definition) is 3. The molecule has 0 unspecified atom stereocenters. The number of oxazole rings is 1. The lowest BCUT2D eigenvalue weighted by Gasteiger charge is -1.93. The molecule has 0 aliphatic carbocycles. The minimum absolute atomic E-state index is 0. The van der Waals surface area contributed by atoms with Crippen molar-refractivity contribution in [3.63, 3.8) is 0 Å². The first-order chi connectivity index (χ1) is 5.79. The van der Waals surface area contributed by atoms with Crippen LogP contribution in [0.15, 0.2) is 29.0 Å². The molecule has 0 saturated heterocycles. The van der Waals surface area contributed by atoms with Gasteiger partial charge in [0.25, 0.3) is 5.91 Å². The van der Waals surface area contributed by atoms with Crippen molar-refractivity contribution < 1.29 is 9.21 Å². The number of primary amides is 1. The van der Waals surface area contributed by atoms with Crippen molar-refractivity contribution in [3.8, 4) is 0 Å². The Morgan fingerprint density at radius 2 is 2.07 bits per heavy atom. The summed E-state index contributed by atoms with van der Waals surface area (Å²) in [5.74, 6) is -0.491. The standard InChI is InChI=1S/C8H6N2O2.2ClH/c9-8(11)5-2-1-3-6-7(5)10-4-12-6;;/h1-4H,(H2,9,11);2*1H. The third-order valence-corrected chi connectivity index (χ3v) is 1.63. The molecule has 1 amide bonds. The van der Waals surface area contributed by atoms with Crippen molar-refractivity contribution in [2.75, 3.05) is 0 Å². The summed E-state index contributed by atoms with van der Waals surface area (Å²) in [4.78, 5) is 14.7. The number of para-hydroxylation sites is 1. The second-order valence-electron chi connectivity index (χ2n) is 2.37. The lowest BCUT2D eigenvalue weighted by Crippen LogP contribution is -2.11. The number of halogens is 2. The summed E-state index contributed by atoms with van der Waals surface area (Å²) in [6.45, 7) is 0. The minimum atomic E-state index is -0.491. The first-order valence-corrected chi connectivity index (χ1v) is 3.41. The van der Waals surface area contributed by atoms with Crippen LogP contribution >= 0.6 is 24.8 Å².